The molecule has 0 radical (unpaired) electrons. The molecule has 4 N–H and O–H groups in total. The molecular weight excluding hydrogens is 445 g/mol. The van der Waals surface area contributed by atoms with Gasteiger partial charge in [-0.2, -0.15) is 0 Å². The number of halogens is 1. The molecule has 0 bridgehead atoms. The molecule has 12 heteroatoms. The highest BCUT2D eigenvalue weighted by Gasteiger charge is 2.33. The number of hydrogen-bond acceptors (Lipinski definition) is 7. The van der Waals surface area contributed by atoms with Crippen LogP contribution in [0.4, 0.5) is 10.1 Å². The van der Waals surface area contributed by atoms with Crippen LogP contribution in [0.15, 0.2) is 22.0 Å². The van der Waals surface area contributed by atoms with Crippen molar-refractivity contribution in [3.63, 3.8) is 0 Å². The standard InChI is InChI=1S/C19H20FN5O4S2/c1-9-25-12-7-13(23-2-4-24(5-3-23)14(26)8-30-19(21)22)11(20)6-10(12)16(27)15(18(28)29)17(25)31-9/h6-7,9H,2-5,8H2,1H3,(H3,21,22)(H,28,29). The summed E-state index contributed by atoms with van der Waals surface area (Å²) < 4.78 is 16.7. The summed E-state index contributed by atoms with van der Waals surface area (Å²) in [6.45, 7) is 3.51. The molecule has 2 aliphatic heterocycles. The first kappa shape index (κ1) is 21.5. The molecule has 0 spiro atoms. The number of fused-ring (bicyclic) bond motifs is 3. The van der Waals surface area contributed by atoms with Gasteiger partial charge in [-0.15, -0.1) is 0 Å². The van der Waals surface area contributed by atoms with Gasteiger partial charge < -0.3 is 25.2 Å². The predicted molar refractivity (Wildman–Crippen MR) is 119 cm³/mol. The number of thioether (sulfide) groups is 2. The maximum atomic E-state index is 15.0. The summed E-state index contributed by atoms with van der Waals surface area (Å²) in [4.78, 5) is 39.9. The van der Waals surface area contributed by atoms with E-state index in [0.717, 1.165) is 17.8 Å². The highest BCUT2D eigenvalue weighted by Crippen LogP contribution is 2.46. The molecule has 1 aromatic carbocycles. The maximum absolute atomic E-state index is 15.0. The van der Waals surface area contributed by atoms with Crippen molar-refractivity contribution in [1.29, 1.82) is 5.41 Å². The lowest BCUT2D eigenvalue weighted by Crippen LogP contribution is -2.49. The molecule has 0 saturated carbocycles. The van der Waals surface area contributed by atoms with Crippen molar-refractivity contribution in [2.24, 2.45) is 5.73 Å². The molecule has 3 heterocycles. The van der Waals surface area contributed by atoms with Crippen molar-refractivity contribution in [2.75, 3.05) is 36.8 Å². The fraction of sp³-hybridized carbons (Fsp3) is 0.368. The SMILES string of the molecule is CC1Sc2c(C(=O)O)c(=O)c3cc(F)c(N4CCN(C(=O)CSC(=N)N)CC4)cc3n21. The fourth-order valence-corrected chi connectivity index (χ4v) is 5.51. The third-order valence-corrected chi connectivity index (χ3v) is 7.29. The number of pyridine rings is 1. The summed E-state index contributed by atoms with van der Waals surface area (Å²) in [5, 5.41) is 16.9. The molecule has 4 rings (SSSR count). The number of anilines is 1. The molecule has 2 aromatic rings. The lowest BCUT2D eigenvalue weighted by atomic mass is 10.1. The molecule has 2 aliphatic rings. The first-order valence-electron chi connectivity index (χ1n) is 9.50. The van der Waals surface area contributed by atoms with Crippen molar-refractivity contribution in [3.05, 3.63) is 33.7 Å². The highest BCUT2D eigenvalue weighted by molar-refractivity contribution is 8.14. The minimum Gasteiger partial charge on any atom is -0.477 e. The number of carbonyl (C=O) groups excluding carboxylic acids is 1. The van der Waals surface area contributed by atoms with Gasteiger partial charge in [0.05, 0.1) is 27.4 Å². The van der Waals surface area contributed by atoms with E-state index in [4.69, 9.17) is 11.1 Å². The van der Waals surface area contributed by atoms with Gasteiger partial charge in [0.25, 0.3) is 0 Å². The van der Waals surface area contributed by atoms with Crippen LogP contribution in [0.3, 0.4) is 0 Å². The van der Waals surface area contributed by atoms with Gasteiger partial charge in [0, 0.05) is 31.6 Å². The molecule has 1 fully saturated rings. The molecule has 1 saturated heterocycles. The number of amidine groups is 1. The number of carbonyl (C=O) groups is 2. The van der Waals surface area contributed by atoms with Gasteiger partial charge in [0.2, 0.25) is 11.3 Å². The second-order valence-corrected chi connectivity index (χ2v) is 9.56. The van der Waals surface area contributed by atoms with Gasteiger partial charge in [-0.25, -0.2) is 9.18 Å². The number of piperazine rings is 1. The van der Waals surface area contributed by atoms with E-state index in [-0.39, 0.29) is 33.2 Å². The number of hydrogen-bond donors (Lipinski definition) is 3. The number of nitrogens with zero attached hydrogens (tertiary/aromatic N) is 3. The van der Waals surface area contributed by atoms with Crippen LogP contribution < -0.4 is 16.1 Å². The molecule has 1 aromatic heterocycles. The molecule has 9 nitrogen and oxygen atoms in total. The molecule has 31 heavy (non-hydrogen) atoms. The van der Waals surface area contributed by atoms with Crippen molar-refractivity contribution in [1.82, 2.24) is 9.47 Å². The lowest BCUT2D eigenvalue weighted by molar-refractivity contribution is -0.128. The van der Waals surface area contributed by atoms with Crippen LogP contribution in [0, 0.1) is 11.2 Å². The smallest absolute Gasteiger partial charge is 0.342 e. The summed E-state index contributed by atoms with van der Waals surface area (Å²) in [5.74, 6) is -1.95. The van der Waals surface area contributed by atoms with Crippen LogP contribution in [0.2, 0.25) is 0 Å². The molecule has 0 aliphatic carbocycles. The van der Waals surface area contributed by atoms with Crippen LogP contribution in [-0.2, 0) is 4.79 Å². The van der Waals surface area contributed by atoms with E-state index < -0.39 is 17.2 Å². The van der Waals surface area contributed by atoms with Gasteiger partial charge in [-0.05, 0) is 19.1 Å². The van der Waals surface area contributed by atoms with E-state index in [0.29, 0.717) is 42.4 Å². The first-order chi connectivity index (χ1) is 14.7. The average Bonchev–Trinajstić information content (AvgIpc) is 2.71. The van der Waals surface area contributed by atoms with Crippen LogP contribution in [0.5, 0.6) is 0 Å². The van der Waals surface area contributed by atoms with Crippen molar-refractivity contribution in [3.8, 4) is 0 Å². The zero-order valence-electron chi connectivity index (χ0n) is 16.6. The van der Waals surface area contributed by atoms with E-state index >= 15 is 0 Å². The summed E-state index contributed by atoms with van der Waals surface area (Å²) in [6, 6.07) is 2.71. The van der Waals surface area contributed by atoms with Gasteiger partial charge in [0.1, 0.15) is 11.4 Å². The van der Waals surface area contributed by atoms with E-state index in [2.05, 4.69) is 0 Å². The summed E-state index contributed by atoms with van der Waals surface area (Å²) >= 11 is 2.27. The highest BCUT2D eigenvalue weighted by atomic mass is 32.2. The van der Waals surface area contributed by atoms with E-state index in [1.54, 1.807) is 15.5 Å². The Kier molecular flexibility index (Phi) is 5.60. The van der Waals surface area contributed by atoms with Gasteiger partial charge in [-0.1, -0.05) is 23.5 Å². The van der Waals surface area contributed by atoms with Gasteiger partial charge in [-0.3, -0.25) is 15.0 Å². The molecule has 164 valence electrons. The number of aromatic nitrogens is 1. The Morgan fingerprint density at radius 2 is 2.00 bits per heavy atom. The monoisotopic (exact) mass is 465 g/mol. The zero-order chi connectivity index (χ0) is 22.4. The third-order valence-electron chi connectivity index (χ3n) is 5.41. The Labute approximate surface area is 184 Å². The van der Waals surface area contributed by atoms with Crippen LogP contribution >= 0.6 is 23.5 Å². The number of aromatic carboxylic acids is 1. The van der Waals surface area contributed by atoms with Crippen LogP contribution in [-0.4, -0.2) is 63.5 Å². The zero-order valence-corrected chi connectivity index (χ0v) is 18.2. The minimum atomic E-state index is -1.32. The molecule has 1 amide bonds. The van der Waals surface area contributed by atoms with E-state index in [1.165, 1.54) is 11.8 Å². The molecule has 1 unspecified atom stereocenters. The maximum Gasteiger partial charge on any atom is 0.342 e. The van der Waals surface area contributed by atoms with Gasteiger partial charge >= 0.3 is 5.97 Å². The number of amides is 1. The Balaban J connectivity index is 1.63. The van der Waals surface area contributed by atoms with Crippen molar-refractivity contribution in [2.45, 2.75) is 17.3 Å². The van der Waals surface area contributed by atoms with E-state index in [1.807, 2.05) is 11.8 Å². The normalized spacial score (nSPS) is 17.9. The number of carboxylic acids is 1. The van der Waals surface area contributed by atoms with E-state index in [9.17, 15) is 23.9 Å². The first-order valence-corrected chi connectivity index (χ1v) is 11.4. The number of nitrogens with two attached hydrogens (primary N) is 1. The number of rotatable bonds is 4. The summed E-state index contributed by atoms with van der Waals surface area (Å²) in [6.07, 6.45) is 0. The molecular formula is C19H20FN5O4S2. The Morgan fingerprint density at radius 1 is 1.32 bits per heavy atom. The fourth-order valence-electron chi connectivity index (χ4n) is 3.89. The summed E-state index contributed by atoms with van der Waals surface area (Å²) in [5.41, 5.74) is 5.09. The topological polar surface area (TPSA) is 133 Å². The second-order valence-electron chi connectivity index (χ2n) is 7.24. The largest absolute Gasteiger partial charge is 0.477 e. The number of benzene rings is 1. The predicted octanol–water partition coefficient (Wildman–Crippen LogP) is 1.74. The van der Waals surface area contributed by atoms with Crippen molar-refractivity contribution < 1.29 is 19.1 Å². The summed E-state index contributed by atoms with van der Waals surface area (Å²) in [7, 11) is 0. The molecule has 1 atom stereocenters. The van der Waals surface area contributed by atoms with Crippen LogP contribution in [0.1, 0.15) is 22.7 Å². The Morgan fingerprint density at radius 3 is 2.58 bits per heavy atom. The Hall–Kier alpha value is -2.73. The lowest BCUT2D eigenvalue weighted by Gasteiger charge is -2.37. The second kappa shape index (κ2) is 8.08. The Bertz CT molecular complexity index is 1180. The van der Waals surface area contributed by atoms with Crippen molar-refractivity contribution >= 4 is 57.2 Å². The van der Waals surface area contributed by atoms with Crippen LogP contribution in [0.25, 0.3) is 10.9 Å². The van der Waals surface area contributed by atoms with Gasteiger partial charge in [0.15, 0.2) is 5.17 Å². The average molecular weight is 466 g/mol. The minimum absolute atomic E-state index is 0.0459. The number of nitrogens with one attached hydrogen (secondary N) is 1. The third kappa shape index (κ3) is 3.74. The number of carboxylic acid groups (broad SMARTS) is 1. The quantitative estimate of drug-likeness (QED) is 0.459.